The van der Waals surface area contributed by atoms with Crippen molar-refractivity contribution in [1.29, 1.82) is 0 Å². The van der Waals surface area contributed by atoms with Crippen LogP contribution in [0.3, 0.4) is 0 Å². The Balaban J connectivity index is 3.22. The fourth-order valence-corrected chi connectivity index (χ4v) is 1.40. The summed E-state index contributed by atoms with van der Waals surface area (Å²) < 4.78 is 11.7. The van der Waals surface area contributed by atoms with E-state index in [4.69, 9.17) is 11.6 Å². The largest absolute Gasteiger partial charge is 0.381 e. The number of aryl methyl sites for hydroxylation is 1. The van der Waals surface area contributed by atoms with Gasteiger partial charge in [-0.05, 0) is 18.1 Å². The number of carbonyl (C=O) groups is 1. The van der Waals surface area contributed by atoms with Gasteiger partial charge in [-0.25, -0.2) is 9.74 Å². The van der Waals surface area contributed by atoms with Gasteiger partial charge in [0.2, 0.25) is 0 Å². The fraction of sp³-hybridized carbons (Fsp3) is 0.222. The summed E-state index contributed by atoms with van der Waals surface area (Å²) in [5.74, 6) is -1.04. The van der Waals surface area contributed by atoms with E-state index in [0.29, 0.717) is 12.0 Å². The van der Waals surface area contributed by atoms with Crippen LogP contribution >= 0.6 is 11.6 Å². The van der Waals surface area contributed by atoms with Crippen molar-refractivity contribution in [1.82, 2.24) is 0 Å². The third-order valence-corrected chi connectivity index (χ3v) is 2.07. The van der Waals surface area contributed by atoms with Crippen LogP contribution in [0.15, 0.2) is 18.2 Å². The van der Waals surface area contributed by atoms with Crippen LogP contribution in [-0.2, 0) is 11.4 Å². The van der Waals surface area contributed by atoms with Gasteiger partial charge >= 0.3 is 5.97 Å². The highest BCUT2D eigenvalue weighted by Crippen LogP contribution is 2.21. The number of benzene rings is 1. The number of hydrogen-bond donors (Lipinski definition) is 0. The second-order valence-corrected chi connectivity index (χ2v) is 2.90. The summed E-state index contributed by atoms with van der Waals surface area (Å²) in [6.45, 7) is 1.85. The lowest BCUT2D eigenvalue weighted by Gasteiger charge is -2.04. The minimum atomic E-state index is -1.04. The van der Waals surface area contributed by atoms with Gasteiger partial charge in [-0.2, -0.15) is 0 Å². The lowest BCUT2D eigenvalue weighted by molar-refractivity contribution is -0.0788. The minimum absolute atomic E-state index is 0.106. The normalized spacial score (nSPS) is 9.77. The predicted octanol–water partition coefficient (Wildman–Crippen LogP) is 2.94. The molecular weight excluding hydrogens is 195 g/mol. The summed E-state index contributed by atoms with van der Waals surface area (Å²) in [5.41, 5.74) is 0.782. The van der Waals surface area contributed by atoms with Crippen LogP contribution in [0.5, 0.6) is 0 Å². The van der Waals surface area contributed by atoms with Gasteiger partial charge < -0.3 is 0 Å². The van der Waals surface area contributed by atoms with Crippen molar-refractivity contribution >= 4 is 17.6 Å². The smallest absolute Gasteiger partial charge is 0.249 e. The summed E-state index contributed by atoms with van der Waals surface area (Å²) in [6.07, 6.45) is 0.602. The molecular formula is C9H8ClFO2. The second-order valence-electron chi connectivity index (χ2n) is 2.49. The van der Waals surface area contributed by atoms with E-state index in [-0.39, 0.29) is 10.6 Å². The first-order chi connectivity index (χ1) is 6.20. The quantitative estimate of drug-likeness (QED) is 0.737. The Hall–Kier alpha value is -1.09. The predicted molar refractivity (Wildman–Crippen MR) is 47.4 cm³/mol. The van der Waals surface area contributed by atoms with Gasteiger partial charge in [0.05, 0.1) is 10.6 Å². The average molecular weight is 203 g/mol. The number of hydrogen-bond acceptors (Lipinski definition) is 2. The van der Waals surface area contributed by atoms with Gasteiger partial charge in [0.15, 0.2) is 0 Å². The zero-order valence-corrected chi connectivity index (χ0v) is 7.77. The van der Waals surface area contributed by atoms with Crippen molar-refractivity contribution in [2.45, 2.75) is 13.3 Å². The Morgan fingerprint density at radius 2 is 2.31 bits per heavy atom. The highest BCUT2D eigenvalue weighted by atomic mass is 35.5. The maximum absolute atomic E-state index is 11.7. The van der Waals surface area contributed by atoms with Gasteiger partial charge in [0, 0.05) is 4.53 Å². The summed E-state index contributed by atoms with van der Waals surface area (Å²) in [4.78, 5) is 14.1. The van der Waals surface area contributed by atoms with E-state index in [9.17, 15) is 9.32 Å². The fourth-order valence-electron chi connectivity index (χ4n) is 1.13. The number of rotatable bonds is 2. The van der Waals surface area contributed by atoms with Crippen molar-refractivity contribution in [3.63, 3.8) is 0 Å². The molecule has 2 nitrogen and oxygen atoms in total. The molecule has 4 heteroatoms. The van der Waals surface area contributed by atoms with Crippen molar-refractivity contribution in [2.24, 2.45) is 0 Å². The first-order valence-electron chi connectivity index (χ1n) is 3.81. The van der Waals surface area contributed by atoms with Gasteiger partial charge in [-0.3, -0.25) is 0 Å². The molecule has 0 N–H and O–H groups in total. The second kappa shape index (κ2) is 4.23. The SMILES string of the molecule is CCc1cccc(Cl)c1C(=O)OF. The third-order valence-electron chi connectivity index (χ3n) is 1.76. The van der Waals surface area contributed by atoms with E-state index in [1.54, 1.807) is 12.1 Å². The molecule has 0 radical (unpaired) electrons. The van der Waals surface area contributed by atoms with Crippen LogP contribution in [0.25, 0.3) is 0 Å². The van der Waals surface area contributed by atoms with Crippen LogP contribution in [0, 0.1) is 0 Å². The molecule has 0 aliphatic heterocycles. The number of halogens is 2. The molecule has 0 aliphatic rings. The van der Waals surface area contributed by atoms with Gasteiger partial charge in [0.25, 0.3) is 0 Å². The van der Waals surface area contributed by atoms with E-state index in [1.807, 2.05) is 6.92 Å². The Morgan fingerprint density at radius 1 is 1.62 bits per heavy atom. The first kappa shape index (κ1) is 9.99. The van der Waals surface area contributed by atoms with Crippen molar-refractivity contribution in [2.75, 3.05) is 0 Å². The van der Waals surface area contributed by atoms with Crippen LogP contribution in [-0.4, -0.2) is 5.97 Å². The van der Waals surface area contributed by atoms with Crippen molar-refractivity contribution in [3.8, 4) is 0 Å². The molecule has 0 bridgehead atoms. The lowest BCUT2D eigenvalue weighted by Crippen LogP contribution is -2.04. The van der Waals surface area contributed by atoms with E-state index >= 15 is 0 Å². The molecule has 0 amide bonds. The van der Waals surface area contributed by atoms with E-state index in [1.165, 1.54) is 6.07 Å². The van der Waals surface area contributed by atoms with E-state index in [2.05, 4.69) is 4.94 Å². The molecule has 0 aliphatic carbocycles. The molecule has 0 spiro atoms. The molecule has 0 heterocycles. The standard InChI is InChI=1S/C9H8ClFO2/c1-2-6-4-3-5-7(10)8(6)9(12)13-11/h3-5H,2H2,1H3. The van der Waals surface area contributed by atoms with Crippen molar-refractivity contribution in [3.05, 3.63) is 34.3 Å². The zero-order chi connectivity index (χ0) is 9.84. The maximum Gasteiger partial charge on any atom is 0.381 e. The Bertz CT molecular complexity index is 325. The summed E-state index contributed by atoms with van der Waals surface area (Å²) in [7, 11) is 0. The minimum Gasteiger partial charge on any atom is -0.249 e. The van der Waals surface area contributed by atoms with E-state index < -0.39 is 5.97 Å². The summed E-state index contributed by atoms with van der Waals surface area (Å²) >= 11 is 5.71. The zero-order valence-electron chi connectivity index (χ0n) is 7.01. The molecule has 0 saturated carbocycles. The van der Waals surface area contributed by atoms with Crippen LogP contribution in [0.4, 0.5) is 4.53 Å². The van der Waals surface area contributed by atoms with Crippen LogP contribution in [0.2, 0.25) is 5.02 Å². The molecule has 0 atom stereocenters. The maximum atomic E-state index is 11.7. The monoisotopic (exact) mass is 202 g/mol. The Kier molecular flexibility index (Phi) is 3.25. The molecule has 1 aromatic rings. The lowest BCUT2D eigenvalue weighted by atomic mass is 10.1. The van der Waals surface area contributed by atoms with Gasteiger partial charge in [0.1, 0.15) is 0 Å². The highest BCUT2D eigenvalue weighted by Gasteiger charge is 2.16. The Labute approximate surface area is 80.2 Å². The molecule has 0 aromatic heterocycles. The van der Waals surface area contributed by atoms with Gasteiger partial charge in [-0.15, -0.1) is 0 Å². The Morgan fingerprint density at radius 3 is 2.85 bits per heavy atom. The molecule has 70 valence electrons. The van der Waals surface area contributed by atoms with E-state index in [0.717, 1.165) is 0 Å². The van der Waals surface area contributed by atoms with Crippen LogP contribution < -0.4 is 0 Å². The first-order valence-corrected chi connectivity index (χ1v) is 4.18. The highest BCUT2D eigenvalue weighted by molar-refractivity contribution is 6.33. The summed E-state index contributed by atoms with van der Waals surface area (Å²) in [6, 6.07) is 4.93. The van der Waals surface area contributed by atoms with Gasteiger partial charge in [-0.1, -0.05) is 30.7 Å². The average Bonchev–Trinajstić information content (AvgIpc) is 2.16. The molecule has 13 heavy (non-hydrogen) atoms. The molecule has 0 saturated heterocycles. The van der Waals surface area contributed by atoms with Crippen molar-refractivity contribution < 1.29 is 14.3 Å². The molecule has 1 rings (SSSR count). The third kappa shape index (κ3) is 1.98. The topological polar surface area (TPSA) is 26.3 Å². The van der Waals surface area contributed by atoms with Crippen LogP contribution in [0.1, 0.15) is 22.8 Å². The molecule has 1 aromatic carbocycles. The number of carbonyl (C=O) groups excluding carboxylic acids is 1. The molecule has 0 fully saturated rings. The molecule has 0 unspecified atom stereocenters. The summed E-state index contributed by atoms with van der Waals surface area (Å²) in [5, 5.41) is 0.210.